The highest BCUT2D eigenvalue weighted by Crippen LogP contribution is 2.51. The molecule has 178 valence electrons. The molecule has 8 atom stereocenters. The first kappa shape index (κ1) is 25.9. The van der Waals surface area contributed by atoms with E-state index >= 15 is 0 Å². The third-order valence-electron chi connectivity index (χ3n) is 6.33. The number of carboxylic acids is 1. The van der Waals surface area contributed by atoms with Crippen LogP contribution >= 0.6 is 0 Å². The minimum atomic E-state index is -1.73. The Hall–Kier alpha value is -1.37. The highest BCUT2D eigenvalue weighted by Gasteiger charge is 2.59. The monoisotopic (exact) mass is 446 g/mol. The quantitative estimate of drug-likeness (QED) is 0.199. The summed E-state index contributed by atoms with van der Waals surface area (Å²) in [5, 5.41) is 70.8. The maximum absolute atomic E-state index is 11.4. The largest absolute Gasteiger partial charge is 0.478 e. The van der Waals surface area contributed by atoms with Gasteiger partial charge >= 0.3 is 5.97 Å². The standard InChI is InChI=1S/C21H34O10/c1-11(7-14(23)24)5-6-21(29)19(2,3)8-12(9-20(21,4)28)30-18-17(27)16(26)15(25)13(10-22)31-18/h5-7,12-13,15-18,22,25-29H,8-10H2,1-4H3,(H,23,24)/b6-5+,11-7-/t12-,13?,15?,16?,17?,18?,20?,21-/m0/s1. The number of aliphatic hydroxyl groups is 6. The molecule has 0 aromatic rings. The molecule has 1 aliphatic heterocycles. The average Bonchev–Trinajstić information content (AvgIpc) is 2.64. The van der Waals surface area contributed by atoms with Crippen LogP contribution in [0.4, 0.5) is 0 Å². The Morgan fingerprint density at radius 2 is 1.71 bits per heavy atom. The predicted molar refractivity (Wildman–Crippen MR) is 108 cm³/mol. The summed E-state index contributed by atoms with van der Waals surface area (Å²) in [6, 6.07) is 0. The van der Waals surface area contributed by atoms with Crippen molar-refractivity contribution in [2.24, 2.45) is 5.41 Å². The maximum atomic E-state index is 11.4. The number of carboxylic acid groups (broad SMARTS) is 1. The van der Waals surface area contributed by atoms with Gasteiger partial charge in [0.15, 0.2) is 6.29 Å². The fourth-order valence-corrected chi connectivity index (χ4v) is 4.49. The lowest BCUT2D eigenvalue weighted by atomic mass is 9.57. The van der Waals surface area contributed by atoms with Gasteiger partial charge in [-0.2, -0.15) is 0 Å². The van der Waals surface area contributed by atoms with Crippen molar-refractivity contribution in [1.82, 2.24) is 0 Å². The molecule has 2 rings (SSSR count). The van der Waals surface area contributed by atoms with Crippen LogP contribution in [0.3, 0.4) is 0 Å². The van der Waals surface area contributed by atoms with Gasteiger partial charge in [-0.15, -0.1) is 0 Å². The van der Waals surface area contributed by atoms with E-state index in [1.54, 1.807) is 20.8 Å². The minimum absolute atomic E-state index is 0.0615. The molecule has 7 N–H and O–H groups in total. The van der Waals surface area contributed by atoms with Crippen molar-refractivity contribution in [2.75, 3.05) is 6.61 Å². The molecule has 0 aromatic carbocycles. The van der Waals surface area contributed by atoms with E-state index in [-0.39, 0.29) is 12.8 Å². The van der Waals surface area contributed by atoms with Crippen LogP contribution in [-0.4, -0.2) is 96.3 Å². The third kappa shape index (κ3) is 5.18. The van der Waals surface area contributed by atoms with E-state index in [1.165, 1.54) is 19.1 Å². The fourth-order valence-electron chi connectivity index (χ4n) is 4.49. The van der Waals surface area contributed by atoms with E-state index in [9.17, 15) is 35.4 Å². The second kappa shape index (κ2) is 9.24. The normalized spacial score (nSPS) is 43.9. The first-order valence-electron chi connectivity index (χ1n) is 10.2. The van der Waals surface area contributed by atoms with Gasteiger partial charge in [0.1, 0.15) is 30.0 Å². The van der Waals surface area contributed by atoms with E-state index in [0.29, 0.717) is 5.57 Å². The van der Waals surface area contributed by atoms with Crippen molar-refractivity contribution < 1.29 is 50.0 Å². The van der Waals surface area contributed by atoms with Crippen LogP contribution in [0.1, 0.15) is 40.5 Å². The summed E-state index contributed by atoms with van der Waals surface area (Å²) in [5.74, 6) is -1.13. The number of carbonyl (C=O) groups is 1. The Morgan fingerprint density at radius 1 is 1.10 bits per heavy atom. The molecule has 6 unspecified atom stereocenters. The number of aliphatic hydroxyl groups excluding tert-OH is 4. The van der Waals surface area contributed by atoms with E-state index in [4.69, 9.17) is 14.6 Å². The Kier molecular flexibility index (Phi) is 7.72. The van der Waals surface area contributed by atoms with Crippen LogP contribution < -0.4 is 0 Å². The molecular formula is C21H34O10. The molecule has 1 saturated heterocycles. The summed E-state index contributed by atoms with van der Waals surface area (Å²) in [6.45, 7) is 5.82. The Bertz CT molecular complexity index is 693. The number of hydrogen-bond acceptors (Lipinski definition) is 9. The minimum Gasteiger partial charge on any atom is -0.478 e. The topological polar surface area (TPSA) is 177 Å². The smallest absolute Gasteiger partial charge is 0.328 e. The van der Waals surface area contributed by atoms with Crippen LogP contribution in [-0.2, 0) is 14.3 Å². The summed E-state index contributed by atoms with van der Waals surface area (Å²) < 4.78 is 11.2. The first-order chi connectivity index (χ1) is 14.1. The van der Waals surface area contributed by atoms with E-state index in [1.807, 2.05) is 0 Å². The fraction of sp³-hybridized carbons (Fsp3) is 0.762. The molecular weight excluding hydrogens is 412 g/mol. The summed E-state index contributed by atoms with van der Waals surface area (Å²) in [7, 11) is 0. The van der Waals surface area contributed by atoms with Gasteiger partial charge in [-0.25, -0.2) is 4.79 Å². The van der Waals surface area contributed by atoms with Crippen LogP contribution in [0.2, 0.25) is 0 Å². The summed E-state index contributed by atoms with van der Waals surface area (Å²) in [5.41, 5.74) is -4.00. The number of aliphatic carboxylic acids is 1. The van der Waals surface area contributed by atoms with Gasteiger partial charge < -0.3 is 45.2 Å². The molecule has 10 nitrogen and oxygen atoms in total. The van der Waals surface area contributed by atoms with E-state index in [2.05, 4.69) is 0 Å². The van der Waals surface area contributed by atoms with Crippen molar-refractivity contribution in [3.8, 4) is 0 Å². The summed E-state index contributed by atoms with van der Waals surface area (Å²) in [6.07, 6.45) is -3.89. The Morgan fingerprint density at radius 3 is 2.23 bits per heavy atom. The summed E-state index contributed by atoms with van der Waals surface area (Å²) in [4.78, 5) is 10.8. The highest BCUT2D eigenvalue weighted by molar-refractivity contribution is 5.81. The molecule has 0 radical (unpaired) electrons. The molecule has 0 spiro atoms. The van der Waals surface area contributed by atoms with E-state index < -0.39 is 66.0 Å². The maximum Gasteiger partial charge on any atom is 0.328 e. The molecule has 10 heteroatoms. The molecule has 1 heterocycles. The number of rotatable bonds is 6. The zero-order valence-corrected chi connectivity index (χ0v) is 18.2. The third-order valence-corrected chi connectivity index (χ3v) is 6.33. The van der Waals surface area contributed by atoms with Crippen molar-refractivity contribution in [3.63, 3.8) is 0 Å². The molecule has 0 aromatic heterocycles. The van der Waals surface area contributed by atoms with Gasteiger partial charge in [0.05, 0.1) is 18.3 Å². The number of allylic oxidation sites excluding steroid dienone is 2. The van der Waals surface area contributed by atoms with Crippen LogP contribution in [0.25, 0.3) is 0 Å². The zero-order valence-electron chi connectivity index (χ0n) is 18.2. The molecule has 1 aliphatic carbocycles. The van der Waals surface area contributed by atoms with Crippen LogP contribution in [0, 0.1) is 5.41 Å². The average molecular weight is 446 g/mol. The Labute approximate surface area is 181 Å². The number of ether oxygens (including phenoxy) is 2. The van der Waals surface area contributed by atoms with Gasteiger partial charge in [-0.05, 0) is 31.9 Å². The van der Waals surface area contributed by atoms with E-state index in [0.717, 1.165) is 6.08 Å². The summed E-state index contributed by atoms with van der Waals surface area (Å²) >= 11 is 0. The Balaban J connectivity index is 2.22. The second-order valence-corrected chi connectivity index (χ2v) is 9.35. The van der Waals surface area contributed by atoms with Crippen molar-refractivity contribution >= 4 is 5.97 Å². The first-order valence-corrected chi connectivity index (χ1v) is 10.2. The van der Waals surface area contributed by atoms with Crippen molar-refractivity contribution in [2.45, 2.75) is 88.5 Å². The molecule has 31 heavy (non-hydrogen) atoms. The molecule has 0 amide bonds. The SMILES string of the molecule is CC(=C/C(=O)O)/C=C/[C@]1(O)C(C)(C)C[C@H](OC2OC(CO)C(O)C(O)C2O)CC1(C)O. The zero-order chi connectivity index (χ0) is 23.8. The molecule has 2 fully saturated rings. The molecule has 1 saturated carbocycles. The number of hydrogen-bond donors (Lipinski definition) is 7. The lowest BCUT2D eigenvalue weighted by molar-refractivity contribution is -0.326. The van der Waals surface area contributed by atoms with Gasteiger partial charge in [0.2, 0.25) is 0 Å². The lowest BCUT2D eigenvalue weighted by Crippen LogP contribution is -2.66. The predicted octanol–water partition coefficient (Wildman–Crippen LogP) is -0.939. The second-order valence-electron chi connectivity index (χ2n) is 9.35. The van der Waals surface area contributed by atoms with Crippen LogP contribution in [0.5, 0.6) is 0 Å². The highest BCUT2D eigenvalue weighted by atomic mass is 16.7. The van der Waals surface area contributed by atoms with Crippen molar-refractivity contribution in [3.05, 3.63) is 23.8 Å². The van der Waals surface area contributed by atoms with Gasteiger partial charge in [-0.1, -0.05) is 19.9 Å². The van der Waals surface area contributed by atoms with Gasteiger partial charge in [-0.3, -0.25) is 0 Å². The van der Waals surface area contributed by atoms with Crippen LogP contribution in [0.15, 0.2) is 23.8 Å². The molecule has 0 bridgehead atoms. The van der Waals surface area contributed by atoms with Gasteiger partial charge in [0.25, 0.3) is 0 Å². The van der Waals surface area contributed by atoms with Crippen molar-refractivity contribution in [1.29, 1.82) is 0 Å². The van der Waals surface area contributed by atoms with Gasteiger partial charge in [0, 0.05) is 17.9 Å². The molecule has 2 aliphatic rings. The lowest BCUT2D eigenvalue weighted by Gasteiger charge is -2.56.